The summed E-state index contributed by atoms with van der Waals surface area (Å²) in [5.41, 5.74) is 0.681. The first-order valence-corrected chi connectivity index (χ1v) is 6.83. The lowest BCUT2D eigenvalue weighted by molar-refractivity contribution is -0.111. The third-order valence-electron chi connectivity index (χ3n) is 3.28. The molecule has 0 spiro atoms. The fourth-order valence-electron chi connectivity index (χ4n) is 1.98. The maximum absolute atomic E-state index is 12.0. The highest BCUT2D eigenvalue weighted by atomic mass is 16.5. The van der Waals surface area contributed by atoms with Crippen LogP contribution in [0.25, 0.3) is 0 Å². The van der Waals surface area contributed by atoms with Crippen molar-refractivity contribution in [3.63, 3.8) is 0 Å². The normalized spacial score (nSPS) is 11.9. The zero-order valence-corrected chi connectivity index (χ0v) is 11.7. The minimum absolute atomic E-state index is 0.0159. The van der Waals surface area contributed by atoms with Crippen LogP contribution < -0.4 is 4.74 Å². The Kier molecular flexibility index (Phi) is 6.86. The van der Waals surface area contributed by atoms with E-state index in [-0.39, 0.29) is 11.7 Å². The zero-order valence-electron chi connectivity index (χ0n) is 11.7. The van der Waals surface area contributed by atoms with Gasteiger partial charge in [-0.15, -0.1) is 0 Å². The number of ether oxygens (including phenoxy) is 1. The van der Waals surface area contributed by atoms with Crippen LogP contribution >= 0.6 is 0 Å². The first kappa shape index (κ1) is 15.4. The molecule has 0 aliphatic carbocycles. The second-order valence-corrected chi connectivity index (χ2v) is 4.73. The van der Waals surface area contributed by atoms with Gasteiger partial charge in [-0.1, -0.05) is 19.8 Å². The van der Waals surface area contributed by atoms with Crippen LogP contribution in [0.1, 0.15) is 49.4 Å². The summed E-state index contributed by atoms with van der Waals surface area (Å²) in [4.78, 5) is 22.9. The van der Waals surface area contributed by atoms with Crippen molar-refractivity contribution in [3.8, 4) is 5.75 Å². The number of rotatable bonds is 9. The van der Waals surface area contributed by atoms with E-state index in [4.69, 9.17) is 4.74 Å². The average molecular weight is 262 g/mol. The molecular formula is C16H22O3. The van der Waals surface area contributed by atoms with Crippen molar-refractivity contribution in [1.29, 1.82) is 0 Å². The highest BCUT2D eigenvalue weighted by Gasteiger charge is 2.11. The highest BCUT2D eigenvalue weighted by molar-refractivity contribution is 5.96. The number of carbonyl (C=O) groups excluding carboxylic acids is 2. The molecule has 0 fully saturated rings. The number of Topliss-reactive ketones (excluding diaryl/α,β-unsaturated/α-hetero) is 1. The maximum atomic E-state index is 12.0. The lowest BCUT2D eigenvalue weighted by Crippen LogP contribution is -2.07. The molecule has 0 radical (unpaired) electrons. The first-order chi connectivity index (χ1) is 9.21. The minimum Gasteiger partial charge on any atom is -0.497 e. The van der Waals surface area contributed by atoms with E-state index in [2.05, 4.69) is 6.92 Å². The third kappa shape index (κ3) is 5.25. The van der Waals surface area contributed by atoms with E-state index in [1.165, 1.54) is 0 Å². The Bertz CT molecular complexity index is 395. The minimum atomic E-state index is 0.0159. The van der Waals surface area contributed by atoms with E-state index in [1.54, 1.807) is 31.4 Å². The smallest absolute Gasteiger partial charge is 0.162 e. The van der Waals surface area contributed by atoms with Gasteiger partial charge in [0.05, 0.1) is 7.11 Å². The Labute approximate surface area is 115 Å². The fourth-order valence-corrected chi connectivity index (χ4v) is 1.98. The van der Waals surface area contributed by atoms with Crippen LogP contribution in [0.4, 0.5) is 0 Å². The first-order valence-electron chi connectivity index (χ1n) is 6.83. The Morgan fingerprint density at radius 2 is 1.95 bits per heavy atom. The third-order valence-corrected chi connectivity index (χ3v) is 3.28. The van der Waals surface area contributed by atoms with Gasteiger partial charge in [0.2, 0.25) is 0 Å². The van der Waals surface area contributed by atoms with Crippen molar-refractivity contribution in [3.05, 3.63) is 29.8 Å². The lowest BCUT2D eigenvalue weighted by atomic mass is 9.95. The summed E-state index contributed by atoms with van der Waals surface area (Å²) in [5.74, 6) is 0.846. The molecule has 1 atom stereocenters. The van der Waals surface area contributed by atoms with Crippen molar-refractivity contribution in [1.82, 2.24) is 0 Å². The molecule has 3 heteroatoms. The summed E-state index contributed by atoms with van der Waals surface area (Å²) in [6.07, 6.45) is 5.07. The van der Waals surface area contributed by atoms with Crippen LogP contribution in [-0.4, -0.2) is 19.2 Å². The number of aldehydes is 1. The number of benzene rings is 1. The van der Waals surface area contributed by atoms with Gasteiger partial charge in [0, 0.05) is 17.9 Å². The molecule has 1 aromatic carbocycles. The Morgan fingerprint density at radius 1 is 1.26 bits per heavy atom. The average Bonchev–Trinajstić information content (AvgIpc) is 2.47. The molecule has 1 aromatic rings. The van der Waals surface area contributed by atoms with Crippen molar-refractivity contribution >= 4 is 12.1 Å². The van der Waals surface area contributed by atoms with E-state index < -0.39 is 0 Å². The van der Waals surface area contributed by atoms with Gasteiger partial charge in [0.1, 0.15) is 12.0 Å². The standard InChI is InChI=1S/C16H22O3/c1-3-4-5-13(12-17)6-11-16(18)14-7-9-15(19-2)10-8-14/h7-10,12-13H,3-6,11H2,1-2H3. The van der Waals surface area contributed by atoms with Crippen LogP contribution in [0.2, 0.25) is 0 Å². The molecule has 0 N–H and O–H groups in total. The fraction of sp³-hybridized carbons (Fsp3) is 0.500. The molecule has 1 rings (SSSR count). The van der Waals surface area contributed by atoms with E-state index >= 15 is 0 Å². The van der Waals surface area contributed by atoms with Gasteiger partial charge in [-0.3, -0.25) is 4.79 Å². The number of carbonyl (C=O) groups is 2. The van der Waals surface area contributed by atoms with Crippen molar-refractivity contribution in [2.24, 2.45) is 5.92 Å². The Balaban J connectivity index is 2.46. The van der Waals surface area contributed by atoms with Gasteiger partial charge in [0.15, 0.2) is 5.78 Å². The predicted octanol–water partition coefficient (Wildman–Crippen LogP) is 3.66. The quantitative estimate of drug-likeness (QED) is 0.504. The molecule has 104 valence electrons. The summed E-state index contributed by atoms with van der Waals surface area (Å²) in [7, 11) is 1.60. The van der Waals surface area contributed by atoms with E-state index in [1.807, 2.05) is 0 Å². The van der Waals surface area contributed by atoms with E-state index in [0.717, 1.165) is 31.3 Å². The maximum Gasteiger partial charge on any atom is 0.162 e. The van der Waals surface area contributed by atoms with Crippen molar-refractivity contribution in [2.45, 2.75) is 39.0 Å². The molecular weight excluding hydrogens is 240 g/mol. The molecule has 3 nitrogen and oxygen atoms in total. The highest BCUT2D eigenvalue weighted by Crippen LogP contribution is 2.17. The van der Waals surface area contributed by atoms with Gasteiger partial charge in [0.25, 0.3) is 0 Å². The monoisotopic (exact) mass is 262 g/mol. The second kappa shape index (κ2) is 8.46. The van der Waals surface area contributed by atoms with Gasteiger partial charge in [-0.2, -0.15) is 0 Å². The summed E-state index contributed by atoms with van der Waals surface area (Å²) in [6, 6.07) is 7.09. The molecule has 0 aliphatic heterocycles. The van der Waals surface area contributed by atoms with Crippen LogP contribution in [0.3, 0.4) is 0 Å². The summed E-state index contributed by atoms with van der Waals surface area (Å²) < 4.78 is 5.05. The topological polar surface area (TPSA) is 43.4 Å². The van der Waals surface area contributed by atoms with Gasteiger partial charge >= 0.3 is 0 Å². The molecule has 0 aliphatic rings. The number of hydrogen-bond acceptors (Lipinski definition) is 3. The molecule has 0 saturated heterocycles. The molecule has 19 heavy (non-hydrogen) atoms. The number of methoxy groups -OCH3 is 1. The molecule has 0 saturated carbocycles. The van der Waals surface area contributed by atoms with E-state index in [9.17, 15) is 9.59 Å². The van der Waals surface area contributed by atoms with E-state index in [0.29, 0.717) is 18.4 Å². The van der Waals surface area contributed by atoms with Gasteiger partial charge in [-0.05, 0) is 37.1 Å². The predicted molar refractivity (Wildman–Crippen MR) is 75.6 cm³/mol. The summed E-state index contributed by atoms with van der Waals surface area (Å²) >= 11 is 0. The zero-order chi connectivity index (χ0) is 14.1. The number of unbranched alkanes of at least 4 members (excludes halogenated alkanes) is 1. The largest absolute Gasteiger partial charge is 0.497 e. The summed E-state index contributed by atoms with van der Waals surface area (Å²) in [5, 5.41) is 0. The van der Waals surface area contributed by atoms with Crippen LogP contribution in [0.5, 0.6) is 5.75 Å². The van der Waals surface area contributed by atoms with Crippen molar-refractivity contribution in [2.75, 3.05) is 7.11 Å². The number of ketones is 1. The van der Waals surface area contributed by atoms with Crippen LogP contribution in [0.15, 0.2) is 24.3 Å². The second-order valence-electron chi connectivity index (χ2n) is 4.73. The van der Waals surface area contributed by atoms with Crippen molar-refractivity contribution < 1.29 is 14.3 Å². The molecule has 0 aromatic heterocycles. The van der Waals surface area contributed by atoms with Crippen LogP contribution in [-0.2, 0) is 4.79 Å². The van der Waals surface area contributed by atoms with Crippen LogP contribution in [0, 0.1) is 5.92 Å². The molecule has 0 heterocycles. The number of hydrogen-bond donors (Lipinski definition) is 0. The Morgan fingerprint density at radius 3 is 2.47 bits per heavy atom. The Hall–Kier alpha value is -1.64. The SMILES string of the molecule is CCCCC(C=O)CCC(=O)c1ccc(OC)cc1. The summed E-state index contributed by atoms with van der Waals surface area (Å²) in [6.45, 7) is 2.10. The van der Waals surface area contributed by atoms with Gasteiger partial charge in [-0.25, -0.2) is 0 Å². The lowest BCUT2D eigenvalue weighted by Gasteiger charge is -2.09. The molecule has 0 bridgehead atoms. The molecule has 0 amide bonds. The van der Waals surface area contributed by atoms with Gasteiger partial charge < -0.3 is 9.53 Å². The molecule has 1 unspecified atom stereocenters.